The second-order valence-electron chi connectivity index (χ2n) is 6.88. The lowest BCUT2D eigenvalue weighted by molar-refractivity contribution is 0.102. The van der Waals surface area contributed by atoms with Crippen LogP contribution in [-0.2, 0) is 0 Å². The Morgan fingerprint density at radius 1 is 0.967 bits per heavy atom. The van der Waals surface area contributed by atoms with Crippen molar-refractivity contribution in [1.82, 2.24) is 10.2 Å². The van der Waals surface area contributed by atoms with Crippen molar-refractivity contribution in [1.29, 1.82) is 5.26 Å². The molecule has 0 spiro atoms. The highest BCUT2D eigenvalue weighted by atomic mass is 16.4. The molecule has 0 saturated heterocycles. The highest BCUT2D eigenvalue weighted by molar-refractivity contribution is 6.04. The molecule has 0 fully saturated rings. The molecule has 0 aliphatic carbocycles. The van der Waals surface area contributed by atoms with Crippen LogP contribution in [-0.4, -0.2) is 16.1 Å². The summed E-state index contributed by atoms with van der Waals surface area (Å²) in [5.41, 5.74) is 5.44. The number of nitrogens with one attached hydrogen (secondary N) is 1. The quantitative estimate of drug-likeness (QED) is 0.517. The lowest BCUT2D eigenvalue weighted by atomic mass is 9.97. The summed E-state index contributed by atoms with van der Waals surface area (Å²) in [5.74, 6) is 0.764. The van der Waals surface area contributed by atoms with E-state index in [-0.39, 0.29) is 5.91 Å². The zero-order valence-corrected chi connectivity index (χ0v) is 16.5. The maximum atomic E-state index is 12.6. The van der Waals surface area contributed by atoms with Gasteiger partial charge in [-0.3, -0.25) is 4.79 Å². The van der Waals surface area contributed by atoms with Crippen molar-refractivity contribution in [2.75, 3.05) is 5.32 Å². The number of anilines is 1. The molecule has 30 heavy (non-hydrogen) atoms. The molecule has 1 amide bonds. The summed E-state index contributed by atoms with van der Waals surface area (Å²) < 4.78 is 5.52. The van der Waals surface area contributed by atoms with E-state index < -0.39 is 0 Å². The molecule has 6 heteroatoms. The summed E-state index contributed by atoms with van der Waals surface area (Å²) in [6, 6.07) is 22.3. The molecule has 0 unspecified atom stereocenters. The number of carbonyl (C=O) groups is 1. The Kier molecular flexibility index (Phi) is 5.10. The van der Waals surface area contributed by atoms with Crippen LogP contribution in [0.2, 0.25) is 0 Å². The molecule has 0 bridgehead atoms. The predicted octanol–water partition coefficient (Wildman–Crippen LogP) is 5.14. The summed E-state index contributed by atoms with van der Waals surface area (Å²) in [6.07, 6.45) is 0. The van der Waals surface area contributed by atoms with Crippen molar-refractivity contribution in [3.8, 4) is 28.7 Å². The van der Waals surface area contributed by atoms with Crippen LogP contribution >= 0.6 is 0 Å². The van der Waals surface area contributed by atoms with Gasteiger partial charge in [0.05, 0.1) is 11.6 Å². The van der Waals surface area contributed by atoms with Crippen molar-refractivity contribution in [3.05, 3.63) is 89.3 Å². The van der Waals surface area contributed by atoms with E-state index in [0.717, 1.165) is 22.3 Å². The predicted molar refractivity (Wildman–Crippen MR) is 114 cm³/mol. The first-order chi connectivity index (χ1) is 14.5. The molecular weight excluding hydrogens is 376 g/mol. The lowest BCUT2D eigenvalue weighted by Crippen LogP contribution is -2.12. The molecule has 0 aliphatic rings. The minimum Gasteiger partial charge on any atom is -0.421 e. The Hall–Kier alpha value is -4.24. The Labute approximate surface area is 173 Å². The van der Waals surface area contributed by atoms with Crippen LogP contribution in [0.4, 0.5) is 5.69 Å². The van der Waals surface area contributed by atoms with Gasteiger partial charge in [-0.15, -0.1) is 10.2 Å². The zero-order chi connectivity index (χ0) is 21.1. The normalized spacial score (nSPS) is 10.4. The molecule has 0 saturated carbocycles. The number of hydrogen-bond acceptors (Lipinski definition) is 5. The monoisotopic (exact) mass is 394 g/mol. The molecule has 146 valence electrons. The largest absolute Gasteiger partial charge is 0.421 e. The molecule has 1 aromatic heterocycles. The second-order valence-corrected chi connectivity index (χ2v) is 6.88. The zero-order valence-electron chi connectivity index (χ0n) is 16.5. The fourth-order valence-corrected chi connectivity index (χ4v) is 3.23. The van der Waals surface area contributed by atoms with Crippen molar-refractivity contribution in [3.63, 3.8) is 0 Å². The summed E-state index contributed by atoms with van der Waals surface area (Å²) in [7, 11) is 0. The highest BCUT2D eigenvalue weighted by Gasteiger charge is 2.12. The van der Waals surface area contributed by atoms with E-state index in [4.69, 9.17) is 9.68 Å². The number of aryl methyl sites for hydroxylation is 2. The van der Waals surface area contributed by atoms with Crippen LogP contribution in [0.3, 0.4) is 0 Å². The maximum Gasteiger partial charge on any atom is 0.255 e. The SMILES string of the molecule is Cc1nnc(-c2cccc(-c3ccc(C(=O)Nc4cccc(C#N)c4)cc3C)c2)o1. The number of amides is 1. The molecular formula is C24H18N4O2. The summed E-state index contributed by atoms with van der Waals surface area (Å²) in [5, 5.41) is 19.8. The number of nitriles is 1. The van der Waals surface area contributed by atoms with Gasteiger partial charge >= 0.3 is 0 Å². The van der Waals surface area contributed by atoms with E-state index in [0.29, 0.717) is 28.6 Å². The van der Waals surface area contributed by atoms with Gasteiger partial charge in [0.1, 0.15) is 0 Å². The third-order valence-corrected chi connectivity index (χ3v) is 4.68. The summed E-state index contributed by atoms with van der Waals surface area (Å²) in [6.45, 7) is 3.72. The molecule has 0 atom stereocenters. The number of rotatable bonds is 4. The third-order valence-electron chi connectivity index (χ3n) is 4.68. The first-order valence-electron chi connectivity index (χ1n) is 9.36. The van der Waals surface area contributed by atoms with Crippen molar-refractivity contribution in [2.45, 2.75) is 13.8 Å². The van der Waals surface area contributed by atoms with E-state index >= 15 is 0 Å². The second kappa shape index (κ2) is 8.02. The van der Waals surface area contributed by atoms with Gasteiger partial charge in [0.15, 0.2) is 0 Å². The molecule has 1 heterocycles. The van der Waals surface area contributed by atoms with Gasteiger partial charge < -0.3 is 9.73 Å². The van der Waals surface area contributed by atoms with Gasteiger partial charge in [-0.25, -0.2) is 0 Å². The molecule has 3 aromatic carbocycles. The standard InChI is InChI=1S/C24H18N4O2/c1-15-11-19(23(29)26-21-8-3-5-17(12-21)14-25)9-10-22(15)18-6-4-7-20(13-18)24-28-27-16(2)30-24/h3-13H,1-2H3,(H,26,29). The van der Waals surface area contributed by atoms with Crippen LogP contribution in [0.15, 0.2) is 71.1 Å². The van der Waals surface area contributed by atoms with E-state index in [1.807, 2.05) is 43.3 Å². The summed E-state index contributed by atoms with van der Waals surface area (Å²) in [4.78, 5) is 12.6. The topological polar surface area (TPSA) is 91.8 Å². The van der Waals surface area contributed by atoms with Crippen molar-refractivity contribution >= 4 is 11.6 Å². The number of carbonyl (C=O) groups excluding carboxylic acids is 1. The van der Waals surface area contributed by atoms with Crippen molar-refractivity contribution < 1.29 is 9.21 Å². The summed E-state index contributed by atoms with van der Waals surface area (Å²) >= 11 is 0. The average Bonchev–Trinajstić information content (AvgIpc) is 3.20. The molecule has 4 rings (SSSR count). The Morgan fingerprint density at radius 2 is 1.77 bits per heavy atom. The molecule has 0 aliphatic heterocycles. The third kappa shape index (κ3) is 3.96. The Bertz CT molecular complexity index is 1280. The number of aromatic nitrogens is 2. The van der Waals surface area contributed by atoms with Crippen LogP contribution in [0.1, 0.15) is 27.4 Å². The van der Waals surface area contributed by atoms with Gasteiger partial charge in [-0.05, 0) is 66.1 Å². The average molecular weight is 394 g/mol. The molecule has 0 radical (unpaired) electrons. The number of nitrogens with zero attached hydrogens (tertiary/aromatic N) is 3. The van der Waals surface area contributed by atoms with Gasteiger partial charge in [0, 0.05) is 23.7 Å². The van der Waals surface area contributed by atoms with Crippen LogP contribution in [0.25, 0.3) is 22.6 Å². The minimum absolute atomic E-state index is 0.227. The fourth-order valence-electron chi connectivity index (χ4n) is 3.23. The van der Waals surface area contributed by atoms with Gasteiger partial charge in [0.2, 0.25) is 11.8 Å². The molecule has 4 aromatic rings. The highest BCUT2D eigenvalue weighted by Crippen LogP contribution is 2.28. The smallest absolute Gasteiger partial charge is 0.255 e. The first-order valence-corrected chi connectivity index (χ1v) is 9.36. The lowest BCUT2D eigenvalue weighted by Gasteiger charge is -2.10. The number of hydrogen-bond donors (Lipinski definition) is 1. The maximum absolute atomic E-state index is 12.6. The van der Waals surface area contributed by atoms with Gasteiger partial charge in [-0.1, -0.05) is 24.3 Å². The minimum atomic E-state index is -0.227. The van der Waals surface area contributed by atoms with Crippen LogP contribution in [0.5, 0.6) is 0 Å². The van der Waals surface area contributed by atoms with Gasteiger partial charge in [-0.2, -0.15) is 5.26 Å². The van der Waals surface area contributed by atoms with Crippen molar-refractivity contribution in [2.24, 2.45) is 0 Å². The first kappa shape index (κ1) is 19.1. The van der Waals surface area contributed by atoms with Crippen LogP contribution in [0, 0.1) is 25.2 Å². The van der Waals surface area contributed by atoms with E-state index in [1.54, 1.807) is 37.3 Å². The van der Waals surface area contributed by atoms with E-state index in [9.17, 15) is 4.79 Å². The van der Waals surface area contributed by atoms with Gasteiger partial charge in [0.25, 0.3) is 5.91 Å². The Morgan fingerprint density at radius 3 is 2.50 bits per heavy atom. The fraction of sp³-hybridized carbons (Fsp3) is 0.0833. The molecule has 6 nitrogen and oxygen atoms in total. The van der Waals surface area contributed by atoms with Crippen LogP contribution < -0.4 is 5.32 Å². The van der Waals surface area contributed by atoms with E-state index in [2.05, 4.69) is 21.6 Å². The number of benzene rings is 3. The van der Waals surface area contributed by atoms with E-state index in [1.165, 1.54) is 0 Å². The molecule has 1 N–H and O–H groups in total. The Balaban J connectivity index is 1.59.